The first kappa shape index (κ1) is 27.9. The monoisotopic (exact) mass is 648 g/mol. The van der Waals surface area contributed by atoms with E-state index in [1.165, 1.54) is 17.0 Å². The van der Waals surface area contributed by atoms with Crippen LogP contribution in [-0.4, -0.2) is 39.5 Å². The van der Waals surface area contributed by atoms with Crippen LogP contribution >= 0.6 is 31.9 Å². The number of ether oxygens (including phenoxy) is 2. The summed E-state index contributed by atoms with van der Waals surface area (Å²) in [7, 11) is 0. The van der Waals surface area contributed by atoms with Crippen LogP contribution in [0.15, 0.2) is 49.2 Å². The second-order valence-corrected chi connectivity index (χ2v) is 11.1. The molecule has 3 aromatic rings. The Morgan fingerprint density at radius 2 is 1.95 bits per heavy atom. The number of halogens is 2. The van der Waals surface area contributed by atoms with Crippen LogP contribution in [0.2, 0.25) is 0 Å². The highest BCUT2D eigenvalue weighted by molar-refractivity contribution is 9.10. The summed E-state index contributed by atoms with van der Waals surface area (Å²) in [6.07, 6.45) is 5.93. The molecule has 1 aromatic heterocycles. The molecule has 38 heavy (non-hydrogen) atoms. The van der Waals surface area contributed by atoms with E-state index in [-0.39, 0.29) is 34.6 Å². The molecule has 0 unspecified atom stereocenters. The molecule has 10 nitrogen and oxygen atoms in total. The number of hydrogen-bond donors (Lipinski definition) is 0. The van der Waals surface area contributed by atoms with Gasteiger partial charge in [0.15, 0.2) is 6.61 Å². The van der Waals surface area contributed by atoms with E-state index in [2.05, 4.69) is 37.0 Å². The van der Waals surface area contributed by atoms with Crippen LogP contribution in [0.5, 0.6) is 5.75 Å². The Balaban J connectivity index is 1.82. The molecule has 200 valence electrons. The van der Waals surface area contributed by atoms with Gasteiger partial charge in [0.2, 0.25) is 5.75 Å². The molecule has 0 bridgehead atoms. The van der Waals surface area contributed by atoms with E-state index in [1.54, 1.807) is 32.0 Å². The van der Waals surface area contributed by atoms with E-state index in [1.807, 2.05) is 6.07 Å². The van der Waals surface area contributed by atoms with Crippen LogP contribution in [0.25, 0.3) is 10.9 Å². The number of esters is 1. The molecule has 2 aromatic carbocycles. The zero-order chi connectivity index (χ0) is 27.4. The van der Waals surface area contributed by atoms with Crippen LogP contribution in [-0.2, 0) is 9.53 Å². The zero-order valence-electron chi connectivity index (χ0n) is 20.9. The number of rotatable bonds is 8. The first-order valence-electron chi connectivity index (χ1n) is 12.2. The molecule has 0 atom stereocenters. The van der Waals surface area contributed by atoms with Crippen LogP contribution in [0.3, 0.4) is 0 Å². The van der Waals surface area contributed by atoms with Crippen LogP contribution in [0.4, 0.5) is 5.69 Å². The largest absolute Gasteiger partial charge is 0.474 e. The number of fused-ring (bicyclic) bond motifs is 1. The van der Waals surface area contributed by atoms with Gasteiger partial charge >= 0.3 is 11.7 Å². The molecule has 1 aliphatic rings. The lowest BCUT2D eigenvalue weighted by Crippen LogP contribution is -2.25. The lowest BCUT2D eigenvalue weighted by molar-refractivity contribution is -0.385. The second kappa shape index (κ2) is 12.2. The lowest BCUT2D eigenvalue weighted by Gasteiger charge is -2.22. The summed E-state index contributed by atoms with van der Waals surface area (Å²) in [5.41, 5.74) is 0.0782. The van der Waals surface area contributed by atoms with Gasteiger partial charge in [-0.15, -0.1) is 0 Å². The maximum Gasteiger partial charge on any atom is 0.344 e. The van der Waals surface area contributed by atoms with Gasteiger partial charge in [-0.1, -0.05) is 51.1 Å². The number of aromatic nitrogens is 2. The molecule has 1 aliphatic carbocycles. The van der Waals surface area contributed by atoms with Crippen LogP contribution in [0.1, 0.15) is 63.3 Å². The molecule has 4 rings (SSSR count). The summed E-state index contributed by atoms with van der Waals surface area (Å²) < 4.78 is 13.1. The predicted octanol–water partition coefficient (Wildman–Crippen LogP) is 6.09. The van der Waals surface area contributed by atoms with Crippen molar-refractivity contribution < 1.29 is 19.2 Å². The van der Waals surface area contributed by atoms with Gasteiger partial charge in [0.1, 0.15) is 5.82 Å². The predicted molar refractivity (Wildman–Crippen MR) is 150 cm³/mol. The molecule has 0 aliphatic heterocycles. The average molecular weight is 650 g/mol. The average Bonchev–Trinajstić information content (AvgIpc) is 2.87. The summed E-state index contributed by atoms with van der Waals surface area (Å²) in [5, 5.41) is 16.7. The SMILES string of the molecule is CC(C)OC(=O)COc1c(C=Nn2c(C3CCCCC3)nc3ccc(Br)cc3c2=O)cc(Br)cc1[N+](=O)[O-]. The van der Waals surface area contributed by atoms with E-state index in [4.69, 9.17) is 14.5 Å². The number of hydrogen-bond acceptors (Lipinski definition) is 8. The van der Waals surface area contributed by atoms with Gasteiger partial charge in [0, 0.05) is 26.5 Å². The topological polar surface area (TPSA) is 126 Å². The van der Waals surface area contributed by atoms with Gasteiger partial charge in [-0.2, -0.15) is 9.78 Å². The van der Waals surface area contributed by atoms with E-state index in [0.29, 0.717) is 21.2 Å². The number of nitro benzene ring substituents is 1. The fourth-order valence-corrected chi connectivity index (χ4v) is 5.26. The van der Waals surface area contributed by atoms with Crippen molar-refractivity contribution in [2.24, 2.45) is 5.10 Å². The third-order valence-electron chi connectivity index (χ3n) is 6.08. The van der Waals surface area contributed by atoms with Crippen molar-refractivity contribution in [3.05, 3.63) is 71.1 Å². The number of nitro groups is 1. The Kier molecular flexibility index (Phi) is 8.93. The molecule has 1 saturated carbocycles. The number of carbonyl (C=O) groups excluding carboxylic acids is 1. The van der Waals surface area contributed by atoms with Crippen molar-refractivity contribution in [3.8, 4) is 5.75 Å². The minimum atomic E-state index is -0.666. The Bertz CT molecular complexity index is 1460. The standard InChI is InChI=1S/C26H26Br2N4O6/c1-15(2)38-23(33)14-37-24-17(10-19(28)12-22(24)32(35)36)13-29-31-25(16-6-4-3-5-7-16)30-21-9-8-18(27)11-20(21)26(31)34/h8-13,15-16H,3-7,14H2,1-2H3. The molecule has 0 amide bonds. The molecular formula is C26H26Br2N4O6. The van der Waals surface area contributed by atoms with Gasteiger partial charge in [0.05, 0.1) is 28.1 Å². The van der Waals surface area contributed by atoms with Gasteiger partial charge in [-0.3, -0.25) is 14.9 Å². The van der Waals surface area contributed by atoms with Gasteiger partial charge in [0.25, 0.3) is 5.56 Å². The zero-order valence-corrected chi connectivity index (χ0v) is 24.0. The van der Waals surface area contributed by atoms with Gasteiger partial charge in [-0.05, 0) is 51.0 Å². The molecule has 0 saturated heterocycles. The number of carbonyl (C=O) groups is 1. The second-order valence-electron chi connectivity index (χ2n) is 9.26. The quantitative estimate of drug-likeness (QED) is 0.125. The Morgan fingerprint density at radius 1 is 1.21 bits per heavy atom. The van der Waals surface area contributed by atoms with Crippen molar-refractivity contribution in [2.45, 2.75) is 58.0 Å². The lowest BCUT2D eigenvalue weighted by atomic mass is 9.88. The number of nitrogens with zero attached hydrogens (tertiary/aromatic N) is 4. The van der Waals surface area contributed by atoms with E-state index in [0.717, 1.165) is 36.6 Å². The Labute approximate surface area is 235 Å². The molecule has 1 fully saturated rings. The first-order chi connectivity index (χ1) is 18.1. The first-order valence-corrected chi connectivity index (χ1v) is 13.8. The Morgan fingerprint density at radius 3 is 2.63 bits per heavy atom. The summed E-state index contributed by atoms with van der Waals surface area (Å²) in [6, 6.07) is 8.16. The minimum Gasteiger partial charge on any atom is -0.474 e. The smallest absolute Gasteiger partial charge is 0.344 e. The van der Waals surface area contributed by atoms with Gasteiger partial charge < -0.3 is 9.47 Å². The van der Waals surface area contributed by atoms with Crippen molar-refractivity contribution in [3.63, 3.8) is 0 Å². The van der Waals surface area contributed by atoms with Crippen LogP contribution < -0.4 is 10.3 Å². The minimum absolute atomic E-state index is 0.0556. The van der Waals surface area contributed by atoms with Crippen molar-refractivity contribution >= 4 is 60.6 Å². The highest BCUT2D eigenvalue weighted by Crippen LogP contribution is 2.35. The molecular weight excluding hydrogens is 624 g/mol. The maximum atomic E-state index is 13.6. The summed E-state index contributed by atoms with van der Waals surface area (Å²) in [5.74, 6) is -0.222. The highest BCUT2D eigenvalue weighted by atomic mass is 79.9. The molecule has 0 radical (unpaired) electrons. The van der Waals surface area contributed by atoms with Gasteiger partial charge in [-0.25, -0.2) is 9.78 Å². The van der Waals surface area contributed by atoms with Crippen molar-refractivity contribution in [1.29, 1.82) is 0 Å². The molecule has 0 N–H and O–H groups in total. The van der Waals surface area contributed by atoms with Crippen molar-refractivity contribution in [2.75, 3.05) is 6.61 Å². The normalized spacial score (nSPS) is 14.3. The number of benzene rings is 2. The molecule has 1 heterocycles. The third kappa shape index (κ3) is 6.47. The van der Waals surface area contributed by atoms with Crippen molar-refractivity contribution in [1.82, 2.24) is 9.66 Å². The molecule has 0 spiro atoms. The fourth-order valence-electron chi connectivity index (χ4n) is 4.44. The fraction of sp³-hybridized carbons (Fsp3) is 0.385. The summed E-state index contributed by atoms with van der Waals surface area (Å²) in [4.78, 5) is 41.6. The third-order valence-corrected chi connectivity index (χ3v) is 7.03. The summed E-state index contributed by atoms with van der Waals surface area (Å²) >= 11 is 6.69. The van der Waals surface area contributed by atoms with Crippen LogP contribution in [0, 0.1) is 10.1 Å². The van der Waals surface area contributed by atoms with E-state index in [9.17, 15) is 19.7 Å². The van der Waals surface area contributed by atoms with E-state index >= 15 is 0 Å². The summed E-state index contributed by atoms with van der Waals surface area (Å²) in [6.45, 7) is 2.85. The highest BCUT2D eigenvalue weighted by Gasteiger charge is 2.24. The Hall–Kier alpha value is -3.12. The molecule has 12 heteroatoms. The van der Waals surface area contributed by atoms with E-state index < -0.39 is 17.5 Å². The maximum absolute atomic E-state index is 13.6.